The fraction of sp³-hybridized carbons (Fsp3) is 0.389. The van der Waals surface area contributed by atoms with Gasteiger partial charge in [0.05, 0.1) is 0 Å². The molecule has 1 saturated carbocycles. The minimum atomic E-state index is -4.35. The SMILES string of the molecule is Cn1cc(S(=O)(=O)NC2CCCC2CO)c(F)c1C(=O)Nc1cc(F)c(F)c(F)c1. The molecule has 1 aliphatic carbocycles. The van der Waals surface area contributed by atoms with Crippen molar-refractivity contribution in [3.05, 3.63) is 47.3 Å². The van der Waals surface area contributed by atoms with E-state index >= 15 is 0 Å². The number of rotatable bonds is 6. The van der Waals surface area contributed by atoms with Gasteiger partial charge in [-0.15, -0.1) is 0 Å². The first-order valence-electron chi connectivity index (χ1n) is 8.99. The Labute approximate surface area is 169 Å². The van der Waals surface area contributed by atoms with Crippen LogP contribution in [-0.4, -0.2) is 36.6 Å². The number of benzene rings is 1. The van der Waals surface area contributed by atoms with E-state index in [2.05, 4.69) is 4.72 Å². The number of nitrogens with one attached hydrogen (secondary N) is 2. The number of sulfonamides is 1. The van der Waals surface area contributed by atoms with E-state index in [1.807, 2.05) is 5.32 Å². The van der Waals surface area contributed by atoms with Gasteiger partial charge in [-0.1, -0.05) is 6.42 Å². The maximum absolute atomic E-state index is 14.9. The van der Waals surface area contributed by atoms with Gasteiger partial charge < -0.3 is 15.0 Å². The number of hydrogen-bond donors (Lipinski definition) is 3. The summed E-state index contributed by atoms with van der Waals surface area (Å²) in [4.78, 5) is 11.6. The smallest absolute Gasteiger partial charge is 0.275 e. The number of carbonyl (C=O) groups excluding carboxylic acids is 1. The van der Waals surface area contributed by atoms with Gasteiger partial charge in [0.15, 0.2) is 23.3 Å². The standard InChI is InChI=1S/C18H19F4N3O4S/c1-25-7-14(30(28,29)24-13-4-2-3-9(13)8-26)16(22)17(25)18(27)23-10-5-11(19)15(21)12(20)6-10/h5-7,9,13,24,26H,2-4,8H2,1H3,(H,23,27). The van der Waals surface area contributed by atoms with Crippen LogP contribution in [0.5, 0.6) is 0 Å². The fourth-order valence-corrected chi connectivity index (χ4v) is 4.97. The van der Waals surface area contributed by atoms with Crippen LogP contribution >= 0.6 is 0 Å². The highest BCUT2D eigenvalue weighted by Crippen LogP contribution is 2.28. The Kier molecular flexibility index (Phi) is 6.20. The van der Waals surface area contributed by atoms with Crippen LogP contribution in [0.4, 0.5) is 23.2 Å². The van der Waals surface area contributed by atoms with Crippen molar-refractivity contribution >= 4 is 21.6 Å². The molecular formula is C18H19F4N3O4S. The molecule has 0 saturated heterocycles. The molecule has 1 aromatic carbocycles. The Morgan fingerprint density at radius 2 is 1.80 bits per heavy atom. The second-order valence-corrected chi connectivity index (χ2v) is 8.76. The van der Waals surface area contributed by atoms with Gasteiger partial charge in [-0.25, -0.2) is 30.7 Å². The third kappa shape index (κ3) is 4.20. The number of aliphatic hydroxyl groups is 1. The molecule has 1 heterocycles. The number of anilines is 1. The minimum Gasteiger partial charge on any atom is -0.396 e. The largest absolute Gasteiger partial charge is 0.396 e. The van der Waals surface area contributed by atoms with Crippen molar-refractivity contribution in [1.29, 1.82) is 0 Å². The molecule has 3 N–H and O–H groups in total. The highest BCUT2D eigenvalue weighted by atomic mass is 32.2. The Balaban J connectivity index is 1.87. The monoisotopic (exact) mass is 449 g/mol. The van der Waals surface area contributed by atoms with E-state index in [1.165, 1.54) is 7.05 Å². The molecule has 3 rings (SSSR count). The van der Waals surface area contributed by atoms with E-state index < -0.39 is 61.5 Å². The molecule has 30 heavy (non-hydrogen) atoms. The lowest BCUT2D eigenvalue weighted by atomic mass is 10.1. The summed E-state index contributed by atoms with van der Waals surface area (Å²) in [5.41, 5.74) is -1.18. The van der Waals surface area contributed by atoms with Gasteiger partial charge in [-0.05, 0) is 18.8 Å². The molecular weight excluding hydrogens is 430 g/mol. The summed E-state index contributed by atoms with van der Waals surface area (Å²) >= 11 is 0. The van der Waals surface area contributed by atoms with Crippen LogP contribution in [0.3, 0.4) is 0 Å². The molecule has 7 nitrogen and oxygen atoms in total. The van der Waals surface area contributed by atoms with Crippen molar-refractivity contribution in [3.63, 3.8) is 0 Å². The lowest BCUT2D eigenvalue weighted by Gasteiger charge is -2.18. The molecule has 1 fully saturated rings. The van der Waals surface area contributed by atoms with Crippen LogP contribution in [0.1, 0.15) is 29.8 Å². The van der Waals surface area contributed by atoms with Crippen LogP contribution in [0.2, 0.25) is 0 Å². The molecule has 164 valence electrons. The van der Waals surface area contributed by atoms with Gasteiger partial charge in [0.1, 0.15) is 10.6 Å². The van der Waals surface area contributed by atoms with E-state index in [0.717, 1.165) is 10.8 Å². The van der Waals surface area contributed by atoms with Crippen molar-refractivity contribution in [2.45, 2.75) is 30.2 Å². The highest BCUT2D eigenvalue weighted by Gasteiger charge is 2.34. The molecule has 0 bridgehead atoms. The summed E-state index contributed by atoms with van der Waals surface area (Å²) in [6, 6.07) is 0.443. The van der Waals surface area contributed by atoms with Crippen LogP contribution in [-0.2, 0) is 17.1 Å². The molecule has 1 amide bonds. The van der Waals surface area contributed by atoms with Crippen molar-refractivity contribution < 1.29 is 35.9 Å². The number of nitrogens with zero attached hydrogens (tertiary/aromatic N) is 1. The predicted octanol–water partition coefficient (Wildman–Crippen LogP) is 2.27. The molecule has 2 atom stereocenters. The molecule has 0 radical (unpaired) electrons. The zero-order valence-electron chi connectivity index (χ0n) is 15.8. The normalized spacial score (nSPS) is 19.3. The summed E-state index contributed by atoms with van der Waals surface area (Å²) < 4.78 is 83.0. The first-order valence-corrected chi connectivity index (χ1v) is 10.5. The average Bonchev–Trinajstić information content (AvgIpc) is 3.22. The van der Waals surface area contributed by atoms with Crippen molar-refractivity contribution in [2.75, 3.05) is 11.9 Å². The van der Waals surface area contributed by atoms with Gasteiger partial charge in [-0.2, -0.15) is 0 Å². The first kappa shape index (κ1) is 22.2. The lowest BCUT2D eigenvalue weighted by Crippen LogP contribution is -2.38. The van der Waals surface area contributed by atoms with Gasteiger partial charge in [0.25, 0.3) is 5.91 Å². The Morgan fingerprint density at radius 3 is 2.40 bits per heavy atom. The average molecular weight is 449 g/mol. The van der Waals surface area contributed by atoms with Crippen molar-refractivity contribution in [3.8, 4) is 0 Å². The molecule has 12 heteroatoms. The summed E-state index contributed by atoms with van der Waals surface area (Å²) in [7, 11) is -3.13. The van der Waals surface area contributed by atoms with Crippen LogP contribution < -0.4 is 10.0 Å². The first-order chi connectivity index (χ1) is 14.0. The molecule has 2 unspecified atom stereocenters. The number of aryl methyl sites for hydroxylation is 1. The second kappa shape index (κ2) is 8.36. The number of hydrogen-bond acceptors (Lipinski definition) is 4. The van der Waals surface area contributed by atoms with E-state index in [-0.39, 0.29) is 12.5 Å². The molecule has 0 spiro atoms. The number of carbonyl (C=O) groups is 1. The van der Waals surface area contributed by atoms with E-state index in [0.29, 0.717) is 31.4 Å². The molecule has 1 aliphatic rings. The number of aliphatic hydroxyl groups excluding tert-OH is 1. The zero-order chi connectivity index (χ0) is 22.2. The third-order valence-corrected chi connectivity index (χ3v) is 6.51. The second-order valence-electron chi connectivity index (χ2n) is 7.08. The number of aromatic nitrogens is 1. The van der Waals surface area contributed by atoms with E-state index in [1.54, 1.807) is 0 Å². The Bertz CT molecular complexity index is 1060. The van der Waals surface area contributed by atoms with Gasteiger partial charge in [0, 0.05) is 43.7 Å². The molecule has 0 aliphatic heterocycles. The minimum absolute atomic E-state index is 0.219. The van der Waals surface area contributed by atoms with E-state index in [9.17, 15) is 35.9 Å². The van der Waals surface area contributed by atoms with Crippen molar-refractivity contribution in [1.82, 2.24) is 9.29 Å². The quantitative estimate of drug-likeness (QED) is 0.465. The van der Waals surface area contributed by atoms with E-state index in [4.69, 9.17) is 0 Å². The Morgan fingerprint density at radius 1 is 1.17 bits per heavy atom. The predicted molar refractivity (Wildman–Crippen MR) is 98.2 cm³/mol. The third-order valence-electron chi connectivity index (χ3n) is 5.03. The van der Waals surface area contributed by atoms with Crippen LogP contribution in [0.15, 0.2) is 23.2 Å². The summed E-state index contributed by atoms with van der Waals surface area (Å²) in [5.74, 6) is -7.68. The van der Waals surface area contributed by atoms with Crippen LogP contribution in [0, 0.1) is 29.2 Å². The van der Waals surface area contributed by atoms with Gasteiger partial charge in [0.2, 0.25) is 10.0 Å². The van der Waals surface area contributed by atoms with Crippen LogP contribution in [0.25, 0.3) is 0 Å². The number of amides is 1. The maximum Gasteiger partial charge on any atom is 0.275 e. The summed E-state index contributed by atoms with van der Waals surface area (Å²) in [5, 5.41) is 11.3. The fourth-order valence-electron chi connectivity index (χ4n) is 3.51. The Hall–Kier alpha value is -2.44. The topological polar surface area (TPSA) is 100 Å². The molecule has 1 aromatic heterocycles. The van der Waals surface area contributed by atoms with Crippen molar-refractivity contribution in [2.24, 2.45) is 13.0 Å². The number of halogens is 4. The van der Waals surface area contributed by atoms with Gasteiger partial charge in [-0.3, -0.25) is 4.79 Å². The lowest BCUT2D eigenvalue weighted by molar-refractivity contribution is 0.101. The van der Waals surface area contributed by atoms with Gasteiger partial charge >= 0.3 is 0 Å². The highest BCUT2D eigenvalue weighted by molar-refractivity contribution is 7.89. The summed E-state index contributed by atoms with van der Waals surface area (Å²) in [6.45, 7) is -0.219. The zero-order valence-corrected chi connectivity index (χ0v) is 16.6. The maximum atomic E-state index is 14.9. The molecule has 2 aromatic rings. The summed E-state index contributed by atoms with van der Waals surface area (Å²) in [6.07, 6.45) is 2.70.